The lowest BCUT2D eigenvalue weighted by Crippen LogP contribution is -2.10. The number of rotatable bonds is 4. The molecule has 0 saturated heterocycles. The Morgan fingerprint density at radius 3 is 3.08 bits per heavy atom. The van der Waals surface area contributed by atoms with Gasteiger partial charge in [-0.3, -0.25) is 9.78 Å². The highest BCUT2D eigenvalue weighted by atomic mass is 16.5. The van der Waals surface area contributed by atoms with E-state index >= 15 is 0 Å². The average molecular weight is 179 g/mol. The zero-order valence-electron chi connectivity index (χ0n) is 7.86. The summed E-state index contributed by atoms with van der Waals surface area (Å²) in [5.74, 6) is 0. The standard InChI is InChI=1S/C10H13NO2/c1-8(13-2)6-9-4-3-5-11-10(9)7-12/h3-5,7-8H,6H2,1-2H3. The summed E-state index contributed by atoms with van der Waals surface area (Å²) in [6, 6.07) is 3.72. The highest BCUT2D eigenvalue weighted by Crippen LogP contribution is 2.07. The third-order valence-corrected chi connectivity index (χ3v) is 1.95. The fraction of sp³-hybridized carbons (Fsp3) is 0.400. The van der Waals surface area contributed by atoms with Crippen molar-refractivity contribution in [2.75, 3.05) is 7.11 Å². The minimum Gasteiger partial charge on any atom is -0.381 e. The van der Waals surface area contributed by atoms with Crippen LogP contribution in [0, 0.1) is 0 Å². The molecule has 1 aromatic rings. The summed E-state index contributed by atoms with van der Waals surface area (Å²) in [7, 11) is 1.65. The molecule has 0 aliphatic heterocycles. The SMILES string of the molecule is COC(C)Cc1cccnc1C=O. The molecule has 0 aromatic carbocycles. The van der Waals surface area contributed by atoms with Crippen molar-refractivity contribution in [1.82, 2.24) is 4.98 Å². The summed E-state index contributed by atoms with van der Waals surface area (Å²) in [4.78, 5) is 14.6. The van der Waals surface area contributed by atoms with Crippen LogP contribution in [0.4, 0.5) is 0 Å². The van der Waals surface area contributed by atoms with Crippen molar-refractivity contribution in [3.63, 3.8) is 0 Å². The summed E-state index contributed by atoms with van der Waals surface area (Å²) >= 11 is 0. The molecule has 0 N–H and O–H groups in total. The molecule has 0 amide bonds. The Balaban J connectivity index is 2.80. The fourth-order valence-corrected chi connectivity index (χ4v) is 1.12. The summed E-state index contributed by atoms with van der Waals surface area (Å²) in [5.41, 5.74) is 1.44. The molecule has 3 nitrogen and oxygen atoms in total. The molecule has 70 valence electrons. The first kappa shape index (κ1) is 9.86. The van der Waals surface area contributed by atoms with Gasteiger partial charge in [0.1, 0.15) is 5.69 Å². The predicted octanol–water partition coefficient (Wildman–Crippen LogP) is 1.47. The topological polar surface area (TPSA) is 39.2 Å². The lowest BCUT2D eigenvalue weighted by Gasteiger charge is -2.09. The number of nitrogens with zero attached hydrogens (tertiary/aromatic N) is 1. The van der Waals surface area contributed by atoms with E-state index in [0.717, 1.165) is 18.3 Å². The van der Waals surface area contributed by atoms with Gasteiger partial charge in [-0.25, -0.2) is 0 Å². The second-order valence-electron chi connectivity index (χ2n) is 2.92. The molecule has 0 fully saturated rings. The number of carbonyl (C=O) groups excluding carboxylic acids is 1. The first-order valence-corrected chi connectivity index (χ1v) is 4.19. The van der Waals surface area contributed by atoms with Crippen LogP contribution in [0.1, 0.15) is 23.0 Å². The Morgan fingerprint density at radius 1 is 1.69 bits per heavy atom. The molecule has 0 saturated carbocycles. The highest BCUT2D eigenvalue weighted by molar-refractivity contribution is 5.74. The van der Waals surface area contributed by atoms with E-state index in [2.05, 4.69) is 4.98 Å². The van der Waals surface area contributed by atoms with Crippen molar-refractivity contribution in [1.29, 1.82) is 0 Å². The van der Waals surface area contributed by atoms with Crippen LogP contribution in [0.3, 0.4) is 0 Å². The van der Waals surface area contributed by atoms with Gasteiger partial charge in [0.2, 0.25) is 0 Å². The Labute approximate surface area is 77.8 Å². The molecule has 0 aliphatic rings. The molecular weight excluding hydrogens is 166 g/mol. The van der Waals surface area contributed by atoms with Crippen LogP contribution < -0.4 is 0 Å². The van der Waals surface area contributed by atoms with Gasteiger partial charge in [0.25, 0.3) is 0 Å². The number of methoxy groups -OCH3 is 1. The first-order valence-electron chi connectivity index (χ1n) is 4.19. The molecular formula is C10H13NO2. The van der Waals surface area contributed by atoms with Crippen molar-refractivity contribution in [2.24, 2.45) is 0 Å². The number of aromatic nitrogens is 1. The molecule has 1 heterocycles. The number of aldehydes is 1. The van der Waals surface area contributed by atoms with E-state index in [4.69, 9.17) is 4.74 Å². The maximum atomic E-state index is 10.6. The third-order valence-electron chi connectivity index (χ3n) is 1.95. The number of pyridine rings is 1. The minimum absolute atomic E-state index is 0.114. The van der Waals surface area contributed by atoms with Crippen molar-refractivity contribution >= 4 is 6.29 Å². The van der Waals surface area contributed by atoms with Gasteiger partial charge in [-0.2, -0.15) is 0 Å². The summed E-state index contributed by atoms with van der Waals surface area (Å²) in [6.45, 7) is 1.96. The van der Waals surface area contributed by atoms with Gasteiger partial charge in [0, 0.05) is 19.7 Å². The van der Waals surface area contributed by atoms with E-state index < -0.39 is 0 Å². The van der Waals surface area contributed by atoms with Crippen LogP contribution in [-0.2, 0) is 11.2 Å². The van der Waals surface area contributed by atoms with Crippen LogP contribution in [0.25, 0.3) is 0 Å². The van der Waals surface area contributed by atoms with Crippen molar-refractivity contribution < 1.29 is 9.53 Å². The zero-order valence-corrected chi connectivity index (χ0v) is 7.86. The van der Waals surface area contributed by atoms with Gasteiger partial charge in [-0.05, 0) is 18.6 Å². The van der Waals surface area contributed by atoms with Crippen molar-refractivity contribution in [3.05, 3.63) is 29.6 Å². The first-order chi connectivity index (χ1) is 6.27. The van der Waals surface area contributed by atoms with Gasteiger partial charge in [-0.1, -0.05) is 6.07 Å². The lowest BCUT2D eigenvalue weighted by molar-refractivity contribution is 0.110. The van der Waals surface area contributed by atoms with E-state index in [1.807, 2.05) is 19.1 Å². The van der Waals surface area contributed by atoms with E-state index in [-0.39, 0.29) is 6.10 Å². The second-order valence-corrected chi connectivity index (χ2v) is 2.92. The minimum atomic E-state index is 0.114. The number of ether oxygens (including phenoxy) is 1. The summed E-state index contributed by atoms with van der Waals surface area (Å²) in [6.07, 6.45) is 3.23. The Hall–Kier alpha value is -1.22. The Morgan fingerprint density at radius 2 is 2.46 bits per heavy atom. The van der Waals surface area contributed by atoms with Gasteiger partial charge in [0.15, 0.2) is 6.29 Å². The Bertz CT molecular complexity index is 286. The monoisotopic (exact) mass is 179 g/mol. The van der Waals surface area contributed by atoms with Gasteiger partial charge in [-0.15, -0.1) is 0 Å². The van der Waals surface area contributed by atoms with E-state index in [1.54, 1.807) is 13.3 Å². The number of hydrogen-bond acceptors (Lipinski definition) is 3. The quantitative estimate of drug-likeness (QED) is 0.657. The third kappa shape index (κ3) is 2.63. The maximum Gasteiger partial charge on any atom is 0.168 e. The lowest BCUT2D eigenvalue weighted by atomic mass is 10.1. The molecule has 0 radical (unpaired) electrons. The Kier molecular flexibility index (Phi) is 3.58. The van der Waals surface area contributed by atoms with E-state index in [0.29, 0.717) is 5.69 Å². The maximum absolute atomic E-state index is 10.6. The largest absolute Gasteiger partial charge is 0.381 e. The summed E-state index contributed by atoms with van der Waals surface area (Å²) in [5, 5.41) is 0. The van der Waals surface area contributed by atoms with Gasteiger partial charge >= 0.3 is 0 Å². The molecule has 3 heteroatoms. The number of hydrogen-bond donors (Lipinski definition) is 0. The van der Waals surface area contributed by atoms with Crippen molar-refractivity contribution in [3.8, 4) is 0 Å². The normalized spacial score (nSPS) is 12.5. The second kappa shape index (κ2) is 4.72. The molecule has 1 rings (SSSR count). The van der Waals surface area contributed by atoms with Crippen LogP contribution in [0.15, 0.2) is 18.3 Å². The van der Waals surface area contributed by atoms with Crippen LogP contribution in [-0.4, -0.2) is 24.5 Å². The average Bonchev–Trinajstić information content (AvgIpc) is 2.18. The molecule has 1 aromatic heterocycles. The summed E-state index contributed by atoms with van der Waals surface area (Å²) < 4.78 is 5.11. The predicted molar refractivity (Wildman–Crippen MR) is 49.8 cm³/mol. The molecule has 13 heavy (non-hydrogen) atoms. The zero-order chi connectivity index (χ0) is 9.68. The van der Waals surface area contributed by atoms with Crippen molar-refractivity contribution in [2.45, 2.75) is 19.4 Å². The molecule has 0 bridgehead atoms. The van der Waals surface area contributed by atoms with Crippen LogP contribution in [0.2, 0.25) is 0 Å². The van der Waals surface area contributed by atoms with Gasteiger partial charge < -0.3 is 4.74 Å². The van der Waals surface area contributed by atoms with Crippen LogP contribution in [0.5, 0.6) is 0 Å². The van der Waals surface area contributed by atoms with Crippen LogP contribution >= 0.6 is 0 Å². The highest BCUT2D eigenvalue weighted by Gasteiger charge is 2.06. The van der Waals surface area contributed by atoms with E-state index in [1.165, 1.54) is 0 Å². The van der Waals surface area contributed by atoms with Gasteiger partial charge in [0.05, 0.1) is 6.10 Å². The van der Waals surface area contributed by atoms with E-state index in [9.17, 15) is 4.79 Å². The molecule has 0 spiro atoms. The molecule has 0 aliphatic carbocycles. The smallest absolute Gasteiger partial charge is 0.168 e. The number of carbonyl (C=O) groups is 1. The fourth-order valence-electron chi connectivity index (χ4n) is 1.12. The molecule has 1 atom stereocenters. The molecule has 1 unspecified atom stereocenters.